The van der Waals surface area contributed by atoms with Gasteiger partial charge < -0.3 is 9.80 Å². The second-order valence-corrected chi connectivity index (χ2v) is 8.44. The summed E-state index contributed by atoms with van der Waals surface area (Å²) >= 11 is 0. The largest absolute Gasteiger partial charge is 0.338 e. The highest BCUT2D eigenvalue weighted by molar-refractivity contribution is 5.76. The summed E-state index contributed by atoms with van der Waals surface area (Å²) in [7, 11) is 2.15. The van der Waals surface area contributed by atoms with Crippen molar-refractivity contribution < 1.29 is 4.79 Å². The molecule has 0 spiro atoms. The SMILES string of the molecule is Cc1cc(C)n([C@H](C)CC(=O)N2CCc3nc([C@H]4CCN(C)C4)ncc3C2)n1. The number of aryl methyl sites for hydroxylation is 2. The summed E-state index contributed by atoms with van der Waals surface area (Å²) in [5.41, 5.74) is 4.30. The molecule has 1 amide bonds. The number of fused-ring (bicyclic) bond motifs is 1. The molecule has 2 aliphatic heterocycles. The van der Waals surface area contributed by atoms with Gasteiger partial charge in [0.1, 0.15) is 5.82 Å². The van der Waals surface area contributed by atoms with E-state index in [1.54, 1.807) is 0 Å². The van der Waals surface area contributed by atoms with Gasteiger partial charge in [0.25, 0.3) is 0 Å². The van der Waals surface area contributed by atoms with E-state index in [1.165, 1.54) is 0 Å². The Morgan fingerprint density at radius 3 is 2.82 bits per heavy atom. The van der Waals surface area contributed by atoms with Crippen molar-refractivity contribution in [2.75, 3.05) is 26.7 Å². The maximum absolute atomic E-state index is 12.9. The van der Waals surface area contributed by atoms with Crippen LogP contribution in [0.2, 0.25) is 0 Å². The molecule has 1 saturated heterocycles. The van der Waals surface area contributed by atoms with Crippen molar-refractivity contribution in [3.05, 3.63) is 40.7 Å². The number of likely N-dealkylation sites (tertiary alicyclic amines) is 1. The van der Waals surface area contributed by atoms with Gasteiger partial charge in [-0.15, -0.1) is 0 Å². The quantitative estimate of drug-likeness (QED) is 0.811. The maximum atomic E-state index is 12.9. The highest BCUT2D eigenvalue weighted by Gasteiger charge is 2.27. The average Bonchev–Trinajstić information content (AvgIpc) is 3.25. The first kappa shape index (κ1) is 19.1. The topological polar surface area (TPSA) is 67.2 Å². The molecule has 0 radical (unpaired) electrons. The lowest BCUT2D eigenvalue weighted by molar-refractivity contribution is -0.133. The van der Waals surface area contributed by atoms with Crippen molar-refractivity contribution in [2.24, 2.45) is 0 Å². The van der Waals surface area contributed by atoms with Gasteiger partial charge in [0, 0.05) is 55.8 Å². The zero-order valence-corrected chi connectivity index (χ0v) is 17.4. The van der Waals surface area contributed by atoms with Crippen LogP contribution in [0.15, 0.2) is 12.3 Å². The number of nitrogens with zero attached hydrogens (tertiary/aromatic N) is 6. The Labute approximate surface area is 166 Å². The number of likely N-dealkylation sites (N-methyl/N-ethyl adjacent to an activating group) is 1. The summed E-state index contributed by atoms with van der Waals surface area (Å²) in [6.07, 6.45) is 4.35. The number of hydrogen-bond acceptors (Lipinski definition) is 5. The highest BCUT2D eigenvalue weighted by atomic mass is 16.2. The van der Waals surface area contributed by atoms with Crippen LogP contribution < -0.4 is 0 Å². The normalized spacial score (nSPS) is 21.0. The third-order valence-electron chi connectivity index (χ3n) is 5.99. The summed E-state index contributed by atoms with van der Waals surface area (Å²) < 4.78 is 1.96. The van der Waals surface area contributed by atoms with Crippen LogP contribution >= 0.6 is 0 Å². The second-order valence-electron chi connectivity index (χ2n) is 8.44. The standard InChI is InChI=1S/C21H30N6O/c1-14-9-15(2)27(24-14)16(3)10-20(28)26-8-6-19-18(13-26)11-22-21(23-19)17-5-7-25(4)12-17/h9,11,16-17H,5-8,10,12-13H2,1-4H3/t16-,17+/m1/s1. The molecule has 28 heavy (non-hydrogen) atoms. The van der Waals surface area contributed by atoms with Gasteiger partial charge in [-0.25, -0.2) is 9.97 Å². The minimum absolute atomic E-state index is 0.0561. The molecule has 4 heterocycles. The smallest absolute Gasteiger partial charge is 0.225 e. The van der Waals surface area contributed by atoms with Gasteiger partial charge in [-0.3, -0.25) is 9.48 Å². The summed E-state index contributed by atoms with van der Waals surface area (Å²) in [6.45, 7) is 9.57. The van der Waals surface area contributed by atoms with E-state index in [4.69, 9.17) is 4.98 Å². The lowest BCUT2D eigenvalue weighted by atomic mass is 10.0. The lowest BCUT2D eigenvalue weighted by Crippen LogP contribution is -2.37. The van der Waals surface area contributed by atoms with E-state index in [-0.39, 0.29) is 11.9 Å². The Morgan fingerprint density at radius 1 is 1.32 bits per heavy atom. The van der Waals surface area contributed by atoms with Crippen molar-refractivity contribution >= 4 is 5.91 Å². The molecule has 7 heteroatoms. The van der Waals surface area contributed by atoms with Crippen molar-refractivity contribution in [1.29, 1.82) is 0 Å². The molecular weight excluding hydrogens is 352 g/mol. The molecule has 2 aromatic heterocycles. The van der Waals surface area contributed by atoms with Crippen LogP contribution in [0.1, 0.15) is 60.2 Å². The number of hydrogen-bond donors (Lipinski definition) is 0. The first-order valence-electron chi connectivity index (χ1n) is 10.2. The second kappa shape index (κ2) is 7.62. The van der Waals surface area contributed by atoms with Crippen LogP contribution in [0.25, 0.3) is 0 Å². The van der Waals surface area contributed by atoms with E-state index < -0.39 is 0 Å². The fourth-order valence-electron chi connectivity index (χ4n) is 4.45. The van der Waals surface area contributed by atoms with Gasteiger partial charge in [0.2, 0.25) is 5.91 Å². The Balaban J connectivity index is 1.40. The molecule has 0 unspecified atom stereocenters. The summed E-state index contributed by atoms with van der Waals surface area (Å²) in [5, 5.41) is 4.52. The Bertz CT molecular complexity index is 876. The number of amides is 1. The number of aromatic nitrogens is 4. The summed E-state index contributed by atoms with van der Waals surface area (Å²) in [5.74, 6) is 1.59. The van der Waals surface area contributed by atoms with Crippen LogP contribution in [0, 0.1) is 13.8 Å². The van der Waals surface area contributed by atoms with E-state index in [1.807, 2.05) is 29.6 Å². The lowest BCUT2D eigenvalue weighted by Gasteiger charge is -2.29. The highest BCUT2D eigenvalue weighted by Crippen LogP contribution is 2.26. The Hall–Kier alpha value is -2.28. The van der Waals surface area contributed by atoms with E-state index >= 15 is 0 Å². The van der Waals surface area contributed by atoms with E-state index in [0.29, 0.717) is 18.9 Å². The maximum Gasteiger partial charge on any atom is 0.225 e. The Morgan fingerprint density at radius 2 is 2.14 bits per heavy atom. The molecule has 1 fully saturated rings. The monoisotopic (exact) mass is 382 g/mol. The van der Waals surface area contributed by atoms with Crippen LogP contribution in [0.5, 0.6) is 0 Å². The van der Waals surface area contributed by atoms with Gasteiger partial charge in [0.05, 0.1) is 17.4 Å². The van der Waals surface area contributed by atoms with Crippen molar-refractivity contribution in [3.63, 3.8) is 0 Å². The van der Waals surface area contributed by atoms with Crippen LogP contribution in [-0.2, 0) is 17.8 Å². The molecule has 7 nitrogen and oxygen atoms in total. The molecule has 2 aliphatic rings. The summed E-state index contributed by atoms with van der Waals surface area (Å²) in [6, 6.07) is 2.11. The van der Waals surface area contributed by atoms with Gasteiger partial charge in [-0.1, -0.05) is 0 Å². The summed E-state index contributed by atoms with van der Waals surface area (Å²) in [4.78, 5) is 26.6. The number of carbonyl (C=O) groups excluding carboxylic acids is 1. The first-order valence-corrected chi connectivity index (χ1v) is 10.2. The molecule has 2 atom stereocenters. The minimum atomic E-state index is 0.0561. The van der Waals surface area contributed by atoms with Crippen molar-refractivity contribution in [1.82, 2.24) is 29.5 Å². The van der Waals surface area contributed by atoms with Crippen LogP contribution in [-0.4, -0.2) is 62.1 Å². The minimum Gasteiger partial charge on any atom is -0.338 e. The molecule has 0 saturated carbocycles. The fourth-order valence-corrected chi connectivity index (χ4v) is 4.45. The van der Waals surface area contributed by atoms with Crippen molar-refractivity contribution in [3.8, 4) is 0 Å². The Kier molecular flexibility index (Phi) is 5.19. The molecule has 0 bridgehead atoms. The van der Waals surface area contributed by atoms with Gasteiger partial charge in [-0.05, 0) is 46.9 Å². The van der Waals surface area contributed by atoms with Gasteiger partial charge in [-0.2, -0.15) is 5.10 Å². The molecule has 0 aromatic carbocycles. The van der Waals surface area contributed by atoms with Crippen LogP contribution in [0.4, 0.5) is 0 Å². The molecule has 150 valence electrons. The van der Waals surface area contributed by atoms with Gasteiger partial charge >= 0.3 is 0 Å². The van der Waals surface area contributed by atoms with E-state index in [2.05, 4.69) is 35.0 Å². The third-order valence-corrected chi connectivity index (χ3v) is 5.99. The molecular formula is C21H30N6O. The van der Waals surface area contributed by atoms with E-state index in [9.17, 15) is 4.79 Å². The fraction of sp³-hybridized carbons (Fsp3) is 0.619. The molecule has 0 aliphatic carbocycles. The number of carbonyl (C=O) groups is 1. The molecule has 0 N–H and O–H groups in total. The number of rotatable bonds is 4. The third kappa shape index (κ3) is 3.81. The van der Waals surface area contributed by atoms with Crippen LogP contribution in [0.3, 0.4) is 0 Å². The zero-order chi connectivity index (χ0) is 19.8. The first-order chi connectivity index (χ1) is 13.4. The van der Waals surface area contributed by atoms with Crippen molar-refractivity contribution in [2.45, 2.75) is 58.5 Å². The molecule has 4 rings (SSSR count). The predicted octanol–water partition coefficient (Wildman–Crippen LogP) is 2.25. The van der Waals surface area contributed by atoms with E-state index in [0.717, 1.165) is 60.9 Å². The van der Waals surface area contributed by atoms with Gasteiger partial charge in [0.15, 0.2) is 0 Å². The molecule has 2 aromatic rings. The predicted molar refractivity (Wildman–Crippen MR) is 107 cm³/mol. The average molecular weight is 383 g/mol. The zero-order valence-electron chi connectivity index (χ0n) is 17.4.